The second-order valence-electron chi connectivity index (χ2n) is 8.34. The van der Waals surface area contributed by atoms with Crippen molar-refractivity contribution in [3.05, 3.63) is 35.4 Å². The van der Waals surface area contributed by atoms with Crippen LogP contribution in [0.15, 0.2) is 24.3 Å². The minimum atomic E-state index is -0.453. The molecule has 0 aliphatic heterocycles. The number of unbranched alkanes of at least 4 members (excludes halogenated alkanes) is 6. The maximum absolute atomic E-state index is 12.5. The van der Waals surface area contributed by atoms with E-state index in [4.69, 9.17) is 9.47 Å². The molecule has 1 aromatic rings. The van der Waals surface area contributed by atoms with E-state index in [1.165, 1.54) is 32.1 Å². The van der Waals surface area contributed by atoms with E-state index in [0.717, 1.165) is 32.1 Å². The van der Waals surface area contributed by atoms with Gasteiger partial charge in [-0.2, -0.15) is 0 Å². The van der Waals surface area contributed by atoms with Crippen molar-refractivity contribution >= 4 is 11.9 Å². The van der Waals surface area contributed by atoms with Gasteiger partial charge >= 0.3 is 11.9 Å². The van der Waals surface area contributed by atoms with E-state index in [0.29, 0.717) is 12.5 Å². The molecule has 1 aromatic carbocycles. The van der Waals surface area contributed by atoms with Crippen LogP contribution in [0.2, 0.25) is 0 Å². The molecule has 0 radical (unpaired) electrons. The Labute approximate surface area is 177 Å². The first-order valence-corrected chi connectivity index (χ1v) is 11.4. The van der Waals surface area contributed by atoms with Gasteiger partial charge in [-0.3, -0.25) is 0 Å². The molecule has 0 amide bonds. The van der Waals surface area contributed by atoms with Crippen molar-refractivity contribution in [3.8, 4) is 0 Å². The van der Waals surface area contributed by atoms with Crippen molar-refractivity contribution in [1.82, 2.24) is 0 Å². The zero-order valence-corrected chi connectivity index (χ0v) is 18.9. The summed E-state index contributed by atoms with van der Waals surface area (Å²) in [4.78, 5) is 25.0. The Hall–Kier alpha value is -1.84. The fourth-order valence-corrected chi connectivity index (χ4v) is 3.26. The van der Waals surface area contributed by atoms with Crippen LogP contribution in [0.5, 0.6) is 0 Å². The number of rotatable bonds is 15. The predicted octanol–water partition coefficient (Wildman–Crippen LogP) is 6.97. The van der Waals surface area contributed by atoms with Crippen LogP contribution in [0.25, 0.3) is 0 Å². The van der Waals surface area contributed by atoms with Crippen LogP contribution in [-0.4, -0.2) is 24.6 Å². The maximum atomic E-state index is 12.5. The Kier molecular flexibility index (Phi) is 13.1. The Morgan fingerprint density at radius 1 is 0.793 bits per heavy atom. The highest BCUT2D eigenvalue weighted by molar-refractivity contribution is 6.03. The van der Waals surface area contributed by atoms with E-state index in [1.54, 1.807) is 24.3 Å². The molecule has 0 saturated heterocycles. The Morgan fingerprint density at radius 2 is 1.38 bits per heavy atom. The van der Waals surface area contributed by atoms with E-state index in [1.807, 2.05) is 6.92 Å². The van der Waals surface area contributed by atoms with E-state index in [9.17, 15) is 9.59 Å². The van der Waals surface area contributed by atoms with Crippen molar-refractivity contribution in [1.29, 1.82) is 0 Å². The highest BCUT2D eigenvalue weighted by Gasteiger charge is 2.20. The van der Waals surface area contributed by atoms with Crippen molar-refractivity contribution < 1.29 is 19.1 Å². The molecule has 0 aliphatic carbocycles. The van der Waals surface area contributed by atoms with Crippen LogP contribution in [0, 0.1) is 5.92 Å². The highest BCUT2D eigenvalue weighted by Crippen LogP contribution is 2.16. The monoisotopic (exact) mass is 404 g/mol. The normalized spacial score (nSPS) is 12.0. The van der Waals surface area contributed by atoms with Gasteiger partial charge in [0.05, 0.1) is 23.8 Å². The molecule has 1 unspecified atom stereocenters. The van der Waals surface area contributed by atoms with Gasteiger partial charge in [0.2, 0.25) is 0 Å². The van der Waals surface area contributed by atoms with Crippen LogP contribution < -0.4 is 0 Å². The smallest absolute Gasteiger partial charge is 0.339 e. The first-order chi connectivity index (χ1) is 14.0. The largest absolute Gasteiger partial charge is 0.462 e. The molecule has 1 atom stereocenters. The SMILES string of the molecule is CCCCCCCCCOC(=O)c1ccccc1C(=O)OC(C)CCCC(C)C. The predicted molar refractivity (Wildman–Crippen MR) is 118 cm³/mol. The lowest BCUT2D eigenvalue weighted by molar-refractivity contribution is 0.0306. The molecule has 0 spiro atoms. The van der Waals surface area contributed by atoms with Gasteiger partial charge in [0.1, 0.15) is 0 Å². The number of ether oxygens (including phenoxy) is 2. The van der Waals surface area contributed by atoms with Crippen LogP contribution in [-0.2, 0) is 9.47 Å². The summed E-state index contributed by atoms with van der Waals surface area (Å²) in [6.07, 6.45) is 11.0. The fraction of sp³-hybridized carbons (Fsp3) is 0.680. The number of esters is 2. The Morgan fingerprint density at radius 3 is 2.00 bits per heavy atom. The molecule has 1 rings (SSSR count). The van der Waals surface area contributed by atoms with Crippen molar-refractivity contribution in [3.63, 3.8) is 0 Å². The first-order valence-electron chi connectivity index (χ1n) is 11.4. The summed E-state index contributed by atoms with van der Waals surface area (Å²) >= 11 is 0. The maximum Gasteiger partial charge on any atom is 0.339 e. The van der Waals surface area contributed by atoms with Gasteiger partial charge in [-0.15, -0.1) is 0 Å². The van der Waals surface area contributed by atoms with Gasteiger partial charge in [-0.1, -0.05) is 77.8 Å². The zero-order chi connectivity index (χ0) is 21.5. The van der Waals surface area contributed by atoms with Gasteiger partial charge < -0.3 is 9.47 Å². The molecule has 164 valence electrons. The third-order valence-corrected chi connectivity index (χ3v) is 5.05. The van der Waals surface area contributed by atoms with Crippen LogP contribution in [0.3, 0.4) is 0 Å². The third kappa shape index (κ3) is 11.1. The molecule has 0 bridgehead atoms. The molecule has 0 aliphatic rings. The molecule has 0 saturated carbocycles. The molecular weight excluding hydrogens is 364 g/mol. The van der Waals surface area contributed by atoms with Crippen LogP contribution in [0.4, 0.5) is 0 Å². The fourth-order valence-electron chi connectivity index (χ4n) is 3.26. The van der Waals surface area contributed by atoms with Gasteiger partial charge in [0.25, 0.3) is 0 Å². The summed E-state index contributed by atoms with van der Waals surface area (Å²) in [7, 11) is 0. The average Bonchev–Trinajstić information content (AvgIpc) is 2.69. The minimum Gasteiger partial charge on any atom is -0.462 e. The number of benzene rings is 1. The summed E-state index contributed by atoms with van der Waals surface area (Å²) in [6, 6.07) is 6.75. The Balaban J connectivity index is 2.44. The Bertz CT molecular complexity index is 594. The summed E-state index contributed by atoms with van der Waals surface area (Å²) in [5.74, 6) is -0.258. The van der Waals surface area contributed by atoms with E-state index < -0.39 is 11.9 Å². The average molecular weight is 405 g/mol. The second kappa shape index (κ2) is 15.1. The van der Waals surface area contributed by atoms with Gasteiger partial charge in [0.15, 0.2) is 0 Å². The van der Waals surface area contributed by atoms with Crippen LogP contribution >= 0.6 is 0 Å². The number of hydrogen-bond acceptors (Lipinski definition) is 4. The lowest BCUT2D eigenvalue weighted by atomic mass is 10.0. The molecule has 0 aromatic heterocycles. The third-order valence-electron chi connectivity index (χ3n) is 5.05. The molecule has 4 heteroatoms. The van der Waals surface area contributed by atoms with E-state index in [2.05, 4.69) is 20.8 Å². The summed E-state index contributed by atoms with van der Waals surface area (Å²) < 4.78 is 10.9. The molecule has 0 fully saturated rings. The number of carbonyl (C=O) groups excluding carboxylic acids is 2. The molecular formula is C25H40O4. The first kappa shape index (κ1) is 25.2. The van der Waals surface area contributed by atoms with Crippen molar-refractivity contribution in [2.45, 2.75) is 98.0 Å². The summed E-state index contributed by atoms with van der Waals surface area (Å²) in [5, 5.41) is 0. The standard InChI is InChI=1S/C25H40O4/c1-5-6-7-8-9-10-13-19-28-24(26)22-17-11-12-18-23(22)25(27)29-21(4)16-14-15-20(2)3/h11-12,17-18,20-21H,5-10,13-16,19H2,1-4H3. The summed E-state index contributed by atoms with van der Waals surface area (Å²) in [6.45, 7) is 8.87. The summed E-state index contributed by atoms with van der Waals surface area (Å²) in [5.41, 5.74) is 0.572. The van der Waals surface area contributed by atoms with Gasteiger partial charge in [0, 0.05) is 0 Å². The molecule has 0 heterocycles. The molecule has 29 heavy (non-hydrogen) atoms. The van der Waals surface area contributed by atoms with E-state index in [-0.39, 0.29) is 17.2 Å². The van der Waals surface area contributed by atoms with Gasteiger partial charge in [-0.25, -0.2) is 9.59 Å². The highest BCUT2D eigenvalue weighted by atomic mass is 16.5. The van der Waals surface area contributed by atoms with Crippen molar-refractivity contribution in [2.24, 2.45) is 5.92 Å². The quantitative estimate of drug-likeness (QED) is 0.234. The topological polar surface area (TPSA) is 52.6 Å². The van der Waals surface area contributed by atoms with E-state index >= 15 is 0 Å². The lowest BCUT2D eigenvalue weighted by Gasteiger charge is -2.15. The molecule has 4 nitrogen and oxygen atoms in total. The number of carbonyl (C=O) groups is 2. The second-order valence-corrected chi connectivity index (χ2v) is 8.34. The minimum absolute atomic E-state index is 0.168. The number of hydrogen-bond donors (Lipinski definition) is 0. The zero-order valence-electron chi connectivity index (χ0n) is 18.9. The van der Waals surface area contributed by atoms with Crippen LogP contribution in [0.1, 0.15) is 113 Å². The lowest BCUT2D eigenvalue weighted by Crippen LogP contribution is -2.19. The van der Waals surface area contributed by atoms with Crippen molar-refractivity contribution in [2.75, 3.05) is 6.61 Å². The molecule has 0 N–H and O–H groups in total. The van der Waals surface area contributed by atoms with Gasteiger partial charge in [-0.05, 0) is 44.2 Å².